The van der Waals surface area contributed by atoms with Crippen LogP contribution in [0.3, 0.4) is 0 Å². The van der Waals surface area contributed by atoms with Crippen LogP contribution in [0, 0.1) is 6.92 Å². The average molecular weight is 267 g/mol. The predicted octanol–water partition coefficient (Wildman–Crippen LogP) is 3.57. The second kappa shape index (κ2) is 5.01. The van der Waals surface area contributed by atoms with Crippen molar-refractivity contribution in [2.45, 2.75) is 19.7 Å². The molecule has 0 saturated carbocycles. The third-order valence-electron chi connectivity index (χ3n) is 2.91. The number of aromatic nitrogens is 1. The van der Waals surface area contributed by atoms with Crippen molar-refractivity contribution in [1.82, 2.24) is 4.98 Å². The van der Waals surface area contributed by atoms with Gasteiger partial charge in [-0.2, -0.15) is 13.2 Å². The number of aliphatic hydroxyl groups is 1. The molecule has 0 atom stereocenters. The Morgan fingerprint density at radius 1 is 1.11 bits per heavy atom. The van der Waals surface area contributed by atoms with Crippen molar-refractivity contribution in [1.29, 1.82) is 0 Å². The van der Waals surface area contributed by atoms with E-state index >= 15 is 0 Å². The van der Waals surface area contributed by atoms with Gasteiger partial charge < -0.3 is 5.11 Å². The highest BCUT2D eigenvalue weighted by Crippen LogP contribution is 2.29. The quantitative estimate of drug-likeness (QED) is 0.902. The van der Waals surface area contributed by atoms with Crippen molar-refractivity contribution in [2.24, 2.45) is 0 Å². The van der Waals surface area contributed by atoms with Gasteiger partial charge >= 0.3 is 6.18 Å². The zero-order valence-electron chi connectivity index (χ0n) is 10.2. The second-order valence-corrected chi connectivity index (χ2v) is 4.23. The number of hydrogen-bond acceptors (Lipinski definition) is 2. The molecule has 2 rings (SSSR count). The van der Waals surface area contributed by atoms with E-state index in [-0.39, 0.29) is 6.61 Å². The monoisotopic (exact) mass is 267 g/mol. The highest BCUT2D eigenvalue weighted by molar-refractivity contribution is 5.64. The van der Waals surface area contributed by atoms with Crippen molar-refractivity contribution in [3.05, 3.63) is 53.3 Å². The zero-order valence-corrected chi connectivity index (χ0v) is 10.2. The summed E-state index contributed by atoms with van der Waals surface area (Å²) in [5.41, 5.74) is 2.09. The summed E-state index contributed by atoms with van der Waals surface area (Å²) in [6.07, 6.45) is -3.24. The second-order valence-electron chi connectivity index (χ2n) is 4.23. The Bertz CT molecular complexity index is 576. The zero-order chi connectivity index (χ0) is 14.0. The van der Waals surface area contributed by atoms with E-state index in [1.807, 2.05) is 13.0 Å². The van der Waals surface area contributed by atoms with Gasteiger partial charge in [0.15, 0.2) is 0 Å². The van der Waals surface area contributed by atoms with Crippen LogP contribution < -0.4 is 0 Å². The number of alkyl halides is 3. The molecular formula is C14H12F3NO. The Balaban J connectivity index is 2.37. The molecule has 0 aliphatic carbocycles. The van der Waals surface area contributed by atoms with Crippen LogP contribution >= 0.6 is 0 Å². The molecule has 0 radical (unpaired) electrons. The van der Waals surface area contributed by atoms with E-state index in [9.17, 15) is 18.3 Å². The SMILES string of the molecule is Cc1ccc(-c2ccc(C(F)(F)F)nc2)cc1CO. The minimum Gasteiger partial charge on any atom is -0.392 e. The van der Waals surface area contributed by atoms with Gasteiger partial charge in [0, 0.05) is 11.8 Å². The molecule has 0 fully saturated rings. The molecule has 0 unspecified atom stereocenters. The van der Waals surface area contributed by atoms with E-state index in [0.717, 1.165) is 22.8 Å². The fraction of sp³-hybridized carbons (Fsp3) is 0.214. The Kier molecular flexibility index (Phi) is 3.57. The van der Waals surface area contributed by atoms with E-state index in [4.69, 9.17) is 0 Å². The van der Waals surface area contributed by atoms with Gasteiger partial charge in [-0.1, -0.05) is 18.2 Å². The van der Waals surface area contributed by atoms with Crippen LogP contribution in [0.1, 0.15) is 16.8 Å². The number of nitrogens with zero attached hydrogens (tertiary/aromatic N) is 1. The van der Waals surface area contributed by atoms with Crippen LogP contribution in [-0.4, -0.2) is 10.1 Å². The van der Waals surface area contributed by atoms with Crippen molar-refractivity contribution >= 4 is 0 Å². The molecular weight excluding hydrogens is 255 g/mol. The molecule has 2 aromatic rings. The van der Waals surface area contributed by atoms with Crippen LogP contribution in [0.2, 0.25) is 0 Å². The molecule has 19 heavy (non-hydrogen) atoms. The summed E-state index contributed by atoms with van der Waals surface area (Å²) in [5.74, 6) is 0. The largest absolute Gasteiger partial charge is 0.433 e. The first-order valence-electron chi connectivity index (χ1n) is 5.66. The Hall–Kier alpha value is -1.88. The molecule has 0 aliphatic heterocycles. The summed E-state index contributed by atoms with van der Waals surface area (Å²) in [6.45, 7) is 1.76. The lowest BCUT2D eigenvalue weighted by atomic mass is 10.0. The molecule has 5 heteroatoms. The van der Waals surface area contributed by atoms with Gasteiger partial charge in [-0.15, -0.1) is 0 Å². The molecule has 1 heterocycles. The minimum absolute atomic E-state index is 0.103. The molecule has 0 bridgehead atoms. The number of aryl methyl sites for hydroxylation is 1. The van der Waals surface area contributed by atoms with Crippen molar-refractivity contribution < 1.29 is 18.3 Å². The first-order valence-corrected chi connectivity index (χ1v) is 5.66. The summed E-state index contributed by atoms with van der Waals surface area (Å²) in [5, 5.41) is 9.18. The molecule has 0 saturated heterocycles. The highest BCUT2D eigenvalue weighted by atomic mass is 19.4. The van der Waals surface area contributed by atoms with E-state index in [1.165, 1.54) is 12.3 Å². The lowest BCUT2D eigenvalue weighted by Gasteiger charge is -2.09. The van der Waals surface area contributed by atoms with E-state index in [1.54, 1.807) is 12.1 Å². The van der Waals surface area contributed by atoms with Gasteiger partial charge in [0.05, 0.1) is 6.61 Å². The lowest BCUT2D eigenvalue weighted by molar-refractivity contribution is -0.141. The van der Waals surface area contributed by atoms with Crippen LogP contribution in [0.15, 0.2) is 36.5 Å². The Morgan fingerprint density at radius 3 is 2.32 bits per heavy atom. The van der Waals surface area contributed by atoms with Gasteiger partial charge in [-0.25, -0.2) is 0 Å². The van der Waals surface area contributed by atoms with Crippen LogP contribution in [-0.2, 0) is 12.8 Å². The highest BCUT2D eigenvalue weighted by Gasteiger charge is 2.32. The van der Waals surface area contributed by atoms with Gasteiger partial charge in [0.1, 0.15) is 5.69 Å². The van der Waals surface area contributed by atoms with Crippen molar-refractivity contribution in [3.63, 3.8) is 0 Å². The van der Waals surface area contributed by atoms with Crippen LogP contribution in [0.25, 0.3) is 11.1 Å². The third-order valence-corrected chi connectivity index (χ3v) is 2.91. The fourth-order valence-corrected chi connectivity index (χ4v) is 1.75. The first-order chi connectivity index (χ1) is 8.91. The predicted molar refractivity (Wildman–Crippen MR) is 65.3 cm³/mol. The fourth-order valence-electron chi connectivity index (χ4n) is 1.75. The van der Waals surface area contributed by atoms with E-state index in [0.29, 0.717) is 5.56 Å². The summed E-state index contributed by atoms with van der Waals surface area (Å²) in [4.78, 5) is 3.42. The standard InChI is InChI=1S/C14H12F3NO/c1-9-2-3-10(6-12(9)8-19)11-4-5-13(18-7-11)14(15,16)17/h2-7,19H,8H2,1H3. The lowest BCUT2D eigenvalue weighted by Crippen LogP contribution is -2.07. The summed E-state index contributed by atoms with van der Waals surface area (Å²) >= 11 is 0. The molecule has 1 aromatic heterocycles. The number of aliphatic hydroxyl groups excluding tert-OH is 1. The minimum atomic E-state index is -4.43. The van der Waals surface area contributed by atoms with Gasteiger partial charge in [0.2, 0.25) is 0 Å². The smallest absolute Gasteiger partial charge is 0.392 e. The number of halogens is 3. The van der Waals surface area contributed by atoms with Crippen LogP contribution in [0.5, 0.6) is 0 Å². The first kappa shape index (κ1) is 13.5. The van der Waals surface area contributed by atoms with Crippen molar-refractivity contribution in [3.8, 4) is 11.1 Å². The van der Waals surface area contributed by atoms with Crippen LogP contribution in [0.4, 0.5) is 13.2 Å². The summed E-state index contributed by atoms with van der Waals surface area (Å²) < 4.78 is 37.2. The van der Waals surface area contributed by atoms with Gasteiger partial charge in [-0.3, -0.25) is 4.98 Å². The maximum Gasteiger partial charge on any atom is 0.433 e. The molecule has 0 aliphatic rings. The number of hydrogen-bond donors (Lipinski definition) is 1. The maximum absolute atomic E-state index is 12.4. The molecule has 0 amide bonds. The van der Waals surface area contributed by atoms with Gasteiger partial charge in [0.25, 0.3) is 0 Å². The average Bonchev–Trinajstić information content (AvgIpc) is 2.38. The van der Waals surface area contributed by atoms with E-state index < -0.39 is 11.9 Å². The third kappa shape index (κ3) is 2.93. The summed E-state index contributed by atoms with van der Waals surface area (Å²) in [7, 11) is 0. The normalized spacial score (nSPS) is 11.6. The maximum atomic E-state index is 12.4. The Morgan fingerprint density at radius 2 is 1.79 bits per heavy atom. The summed E-state index contributed by atoms with van der Waals surface area (Å²) in [6, 6.07) is 7.69. The molecule has 0 spiro atoms. The topological polar surface area (TPSA) is 33.1 Å². The number of rotatable bonds is 2. The molecule has 1 aromatic carbocycles. The molecule has 2 nitrogen and oxygen atoms in total. The van der Waals surface area contributed by atoms with E-state index in [2.05, 4.69) is 4.98 Å². The molecule has 1 N–H and O–H groups in total. The van der Waals surface area contributed by atoms with Gasteiger partial charge in [-0.05, 0) is 35.7 Å². The molecule has 100 valence electrons. The number of pyridine rings is 1. The number of benzene rings is 1. The van der Waals surface area contributed by atoms with Crippen molar-refractivity contribution in [2.75, 3.05) is 0 Å². The Labute approximate surface area is 108 Å².